The number of aryl methyl sites for hydroxylation is 3. The predicted octanol–water partition coefficient (Wildman–Crippen LogP) is 3.52. The van der Waals surface area contributed by atoms with Gasteiger partial charge in [0.25, 0.3) is 10.1 Å². The first-order valence-corrected chi connectivity index (χ1v) is 7.81. The molecule has 2 aromatic rings. The molecule has 0 atom stereocenters. The number of hydrogen-bond acceptors (Lipinski definition) is 3. The van der Waals surface area contributed by atoms with Crippen LogP contribution in [0.2, 0.25) is 0 Å². The minimum Gasteiger partial charge on any atom is -0.262 e. The fourth-order valence-electron chi connectivity index (χ4n) is 1.92. The maximum Gasteiger partial charge on any atom is 0.297 e. The van der Waals surface area contributed by atoms with Gasteiger partial charge < -0.3 is 0 Å². The summed E-state index contributed by atoms with van der Waals surface area (Å²) in [6.45, 7) is 5.92. The zero-order valence-corrected chi connectivity index (χ0v) is 12.7. The maximum atomic E-state index is 12.1. The maximum absolute atomic E-state index is 12.1. The first kappa shape index (κ1) is 14.8. The van der Waals surface area contributed by atoms with Gasteiger partial charge in [-0.25, -0.2) is 0 Å². The average molecular weight is 290 g/mol. The first-order valence-electron chi connectivity index (χ1n) is 6.41. The largest absolute Gasteiger partial charge is 0.297 e. The van der Waals surface area contributed by atoms with E-state index in [0.29, 0.717) is 0 Å². The summed E-state index contributed by atoms with van der Waals surface area (Å²) in [5.41, 5.74) is 4.07. The summed E-state index contributed by atoms with van der Waals surface area (Å²) in [6, 6.07) is 12.5. The molecule has 0 bridgehead atoms. The van der Waals surface area contributed by atoms with Crippen molar-refractivity contribution in [1.82, 2.24) is 0 Å². The van der Waals surface area contributed by atoms with Crippen LogP contribution in [0.5, 0.6) is 0 Å². The summed E-state index contributed by atoms with van der Waals surface area (Å²) in [4.78, 5) is 0.188. The second-order valence-electron chi connectivity index (χ2n) is 4.96. The molecule has 0 aliphatic carbocycles. The Balaban J connectivity index is 2.15. The van der Waals surface area contributed by atoms with Crippen molar-refractivity contribution in [3.63, 3.8) is 0 Å². The lowest BCUT2D eigenvalue weighted by atomic mass is 10.1. The molecule has 0 spiro atoms. The Labute approximate surface area is 120 Å². The SMILES string of the molecule is Cc1ccc(S(=O)(=O)OCc2ccc(C)cc2C)cc1. The molecule has 2 rings (SSSR count). The lowest BCUT2D eigenvalue weighted by Crippen LogP contribution is -2.07. The van der Waals surface area contributed by atoms with E-state index in [9.17, 15) is 8.42 Å². The van der Waals surface area contributed by atoms with Gasteiger partial charge in [0.05, 0.1) is 11.5 Å². The predicted molar refractivity (Wildman–Crippen MR) is 79.1 cm³/mol. The lowest BCUT2D eigenvalue weighted by Gasteiger charge is -2.09. The molecular formula is C16H18O3S. The van der Waals surface area contributed by atoms with Gasteiger partial charge in [0.15, 0.2) is 0 Å². The molecule has 0 heterocycles. The lowest BCUT2D eigenvalue weighted by molar-refractivity contribution is 0.307. The van der Waals surface area contributed by atoms with Crippen molar-refractivity contribution in [3.8, 4) is 0 Å². The van der Waals surface area contributed by atoms with Gasteiger partial charge in [-0.05, 0) is 44.0 Å². The molecule has 4 heteroatoms. The first-order chi connectivity index (χ1) is 9.38. The summed E-state index contributed by atoms with van der Waals surface area (Å²) in [6.07, 6.45) is 0. The van der Waals surface area contributed by atoms with Crippen LogP contribution in [0.15, 0.2) is 47.4 Å². The van der Waals surface area contributed by atoms with Crippen molar-refractivity contribution in [2.45, 2.75) is 32.3 Å². The fourth-order valence-corrected chi connectivity index (χ4v) is 2.81. The van der Waals surface area contributed by atoms with Crippen LogP contribution < -0.4 is 0 Å². The van der Waals surface area contributed by atoms with Crippen LogP contribution in [0.4, 0.5) is 0 Å². The molecule has 0 aliphatic heterocycles. The Bertz CT molecular complexity index is 701. The van der Waals surface area contributed by atoms with Crippen molar-refractivity contribution < 1.29 is 12.6 Å². The number of rotatable bonds is 4. The highest BCUT2D eigenvalue weighted by Gasteiger charge is 2.15. The van der Waals surface area contributed by atoms with Gasteiger partial charge in [-0.1, -0.05) is 41.5 Å². The van der Waals surface area contributed by atoms with E-state index in [0.717, 1.165) is 22.3 Å². The van der Waals surface area contributed by atoms with Crippen LogP contribution in [0.3, 0.4) is 0 Å². The molecule has 0 aliphatic rings. The van der Waals surface area contributed by atoms with Gasteiger partial charge in [-0.2, -0.15) is 8.42 Å². The standard InChI is InChI=1S/C16H18O3S/c1-12-5-8-16(9-6-12)20(17,18)19-11-15-7-4-13(2)10-14(15)3/h4-10H,11H2,1-3H3. The molecule has 2 aromatic carbocycles. The summed E-state index contributed by atoms with van der Waals surface area (Å²) in [5.74, 6) is 0. The molecule has 0 saturated carbocycles. The Morgan fingerprint density at radius 2 is 1.50 bits per heavy atom. The zero-order valence-electron chi connectivity index (χ0n) is 11.9. The molecule has 0 aromatic heterocycles. The zero-order chi connectivity index (χ0) is 14.8. The number of benzene rings is 2. The van der Waals surface area contributed by atoms with Gasteiger partial charge in [0.1, 0.15) is 0 Å². The third-order valence-corrected chi connectivity index (χ3v) is 4.46. The van der Waals surface area contributed by atoms with Crippen LogP contribution in [0.25, 0.3) is 0 Å². The smallest absolute Gasteiger partial charge is 0.262 e. The monoisotopic (exact) mass is 290 g/mol. The molecule has 106 valence electrons. The van der Waals surface area contributed by atoms with Crippen molar-refractivity contribution >= 4 is 10.1 Å². The van der Waals surface area contributed by atoms with Gasteiger partial charge >= 0.3 is 0 Å². The highest BCUT2D eigenvalue weighted by atomic mass is 32.2. The second kappa shape index (κ2) is 5.77. The molecule has 3 nitrogen and oxygen atoms in total. The minimum absolute atomic E-state index is 0.0579. The van der Waals surface area contributed by atoms with Crippen LogP contribution in [-0.2, 0) is 20.9 Å². The second-order valence-corrected chi connectivity index (χ2v) is 6.57. The molecule has 0 saturated heterocycles. The van der Waals surface area contributed by atoms with Gasteiger partial charge in [-0.3, -0.25) is 4.18 Å². The summed E-state index contributed by atoms with van der Waals surface area (Å²) in [5, 5.41) is 0. The Morgan fingerprint density at radius 3 is 2.10 bits per heavy atom. The number of hydrogen-bond donors (Lipinski definition) is 0. The molecule has 0 unspecified atom stereocenters. The quantitative estimate of drug-likeness (QED) is 0.809. The van der Waals surface area contributed by atoms with Crippen LogP contribution in [0, 0.1) is 20.8 Å². The molecule has 20 heavy (non-hydrogen) atoms. The van der Waals surface area contributed by atoms with Crippen LogP contribution >= 0.6 is 0 Å². The van der Waals surface area contributed by atoms with Crippen molar-refractivity contribution in [1.29, 1.82) is 0 Å². The molecule has 0 radical (unpaired) electrons. The van der Waals surface area contributed by atoms with E-state index in [1.54, 1.807) is 24.3 Å². The normalized spacial score (nSPS) is 11.6. The molecule has 0 N–H and O–H groups in total. The van der Waals surface area contributed by atoms with E-state index in [1.165, 1.54) is 0 Å². The van der Waals surface area contributed by atoms with Crippen LogP contribution in [-0.4, -0.2) is 8.42 Å². The third-order valence-electron chi connectivity index (χ3n) is 3.18. The van der Waals surface area contributed by atoms with Crippen molar-refractivity contribution in [2.75, 3.05) is 0 Å². The van der Waals surface area contributed by atoms with Gasteiger partial charge in [0, 0.05) is 0 Å². The van der Waals surface area contributed by atoms with Gasteiger partial charge in [0.2, 0.25) is 0 Å². The molecule has 0 amide bonds. The third kappa shape index (κ3) is 3.46. The van der Waals surface area contributed by atoms with E-state index < -0.39 is 10.1 Å². The highest BCUT2D eigenvalue weighted by Crippen LogP contribution is 2.17. The van der Waals surface area contributed by atoms with Crippen LogP contribution in [0.1, 0.15) is 22.3 Å². The average Bonchev–Trinajstić information content (AvgIpc) is 2.38. The summed E-state index contributed by atoms with van der Waals surface area (Å²) < 4.78 is 29.3. The van der Waals surface area contributed by atoms with E-state index in [-0.39, 0.29) is 11.5 Å². The van der Waals surface area contributed by atoms with E-state index in [2.05, 4.69) is 0 Å². The van der Waals surface area contributed by atoms with Gasteiger partial charge in [-0.15, -0.1) is 0 Å². The van der Waals surface area contributed by atoms with E-state index in [4.69, 9.17) is 4.18 Å². The fraction of sp³-hybridized carbons (Fsp3) is 0.250. The molecular weight excluding hydrogens is 272 g/mol. The summed E-state index contributed by atoms with van der Waals surface area (Å²) >= 11 is 0. The molecule has 0 fully saturated rings. The Hall–Kier alpha value is -1.65. The topological polar surface area (TPSA) is 43.4 Å². The Morgan fingerprint density at radius 1 is 0.900 bits per heavy atom. The van der Waals surface area contributed by atoms with Crippen molar-refractivity contribution in [2.24, 2.45) is 0 Å². The van der Waals surface area contributed by atoms with E-state index in [1.807, 2.05) is 39.0 Å². The summed E-state index contributed by atoms with van der Waals surface area (Å²) in [7, 11) is -3.70. The highest BCUT2D eigenvalue weighted by molar-refractivity contribution is 7.86. The minimum atomic E-state index is -3.70. The van der Waals surface area contributed by atoms with Crippen molar-refractivity contribution in [3.05, 3.63) is 64.7 Å². The Kier molecular flexibility index (Phi) is 4.26. The van der Waals surface area contributed by atoms with E-state index >= 15 is 0 Å².